The van der Waals surface area contributed by atoms with Crippen LogP contribution in [0.5, 0.6) is 0 Å². The smallest absolute Gasteiger partial charge is 0.322 e. The molecule has 0 unspecified atom stereocenters. The molecule has 24 heavy (non-hydrogen) atoms. The van der Waals surface area contributed by atoms with E-state index in [1.54, 1.807) is 12.1 Å². The van der Waals surface area contributed by atoms with E-state index >= 15 is 0 Å². The summed E-state index contributed by atoms with van der Waals surface area (Å²) in [6.45, 7) is 0. The summed E-state index contributed by atoms with van der Waals surface area (Å²) in [4.78, 5) is 12.3. The van der Waals surface area contributed by atoms with Crippen molar-refractivity contribution < 1.29 is 22.4 Å². The number of carbonyl (C=O) groups is 1. The maximum atomic E-state index is 13.8. The molecule has 2 aromatic rings. The van der Waals surface area contributed by atoms with E-state index in [1.165, 1.54) is 0 Å². The van der Waals surface area contributed by atoms with Gasteiger partial charge in [0.25, 0.3) is 5.91 Å². The zero-order valence-corrected chi connectivity index (χ0v) is 12.7. The Morgan fingerprint density at radius 3 is 2.54 bits per heavy atom. The standard InChI is InChI=1S/C18H15F4NO/c19-15-9-8-12(18(20,21)22)10-14(15)17(24)23-16-7-3-5-11-4-1-2-6-13(11)16/h3,5,7-10H,1-2,4,6H2,(H,23,24). The molecule has 2 nitrogen and oxygen atoms in total. The van der Waals surface area contributed by atoms with Gasteiger partial charge in [0.2, 0.25) is 0 Å². The summed E-state index contributed by atoms with van der Waals surface area (Å²) in [7, 11) is 0. The van der Waals surface area contributed by atoms with Crippen molar-refractivity contribution in [2.75, 3.05) is 5.32 Å². The molecule has 0 bridgehead atoms. The summed E-state index contributed by atoms with van der Waals surface area (Å²) >= 11 is 0. The number of hydrogen-bond acceptors (Lipinski definition) is 1. The number of fused-ring (bicyclic) bond motifs is 1. The highest BCUT2D eigenvalue weighted by Crippen LogP contribution is 2.31. The minimum atomic E-state index is -4.63. The van der Waals surface area contributed by atoms with Gasteiger partial charge in [-0.1, -0.05) is 12.1 Å². The van der Waals surface area contributed by atoms with Crippen LogP contribution in [-0.2, 0) is 19.0 Å². The SMILES string of the molecule is O=C(Nc1cccc2c1CCCC2)c1cc(C(F)(F)F)ccc1F. The van der Waals surface area contributed by atoms with Crippen molar-refractivity contribution in [3.05, 3.63) is 64.5 Å². The maximum Gasteiger partial charge on any atom is 0.416 e. The van der Waals surface area contributed by atoms with E-state index in [0.29, 0.717) is 23.9 Å². The summed E-state index contributed by atoms with van der Waals surface area (Å²) in [6.07, 6.45) is -0.896. The van der Waals surface area contributed by atoms with Gasteiger partial charge in [-0.15, -0.1) is 0 Å². The molecule has 0 saturated carbocycles. The van der Waals surface area contributed by atoms with Crippen molar-refractivity contribution in [2.45, 2.75) is 31.9 Å². The highest BCUT2D eigenvalue weighted by molar-refractivity contribution is 6.05. The van der Waals surface area contributed by atoms with Gasteiger partial charge in [-0.25, -0.2) is 4.39 Å². The van der Waals surface area contributed by atoms with Crippen molar-refractivity contribution in [2.24, 2.45) is 0 Å². The van der Waals surface area contributed by atoms with Gasteiger partial charge in [0.1, 0.15) is 5.82 Å². The van der Waals surface area contributed by atoms with Crippen LogP contribution >= 0.6 is 0 Å². The Hall–Kier alpha value is -2.37. The van der Waals surface area contributed by atoms with Crippen molar-refractivity contribution >= 4 is 11.6 Å². The number of benzene rings is 2. The van der Waals surface area contributed by atoms with Crippen molar-refractivity contribution in [1.29, 1.82) is 0 Å². The number of halogens is 4. The first-order valence-electron chi connectivity index (χ1n) is 7.65. The van der Waals surface area contributed by atoms with Crippen molar-refractivity contribution in [3.63, 3.8) is 0 Å². The lowest BCUT2D eigenvalue weighted by Crippen LogP contribution is -2.18. The van der Waals surface area contributed by atoms with Crippen LogP contribution in [0.15, 0.2) is 36.4 Å². The van der Waals surface area contributed by atoms with E-state index in [0.717, 1.165) is 36.8 Å². The van der Waals surface area contributed by atoms with Crippen LogP contribution in [0.2, 0.25) is 0 Å². The van der Waals surface area contributed by atoms with Gasteiger partial charge in [-0.05, 0) is 61.1 Å². The predicted octanol–water partition coefficient (Wildman–Crippen LogP) is 4.98. The molecule has 0 radical (unpaired) electrons. The molecule has 0 fully saturated rings. The molecule has 0 atom stereocenters. The monoisotopic (exact) mass is 337 g/mol. The first kappa shape index (κ1) is 16.5. The Morgan fingerprint density at radius 2 is 1.79 bits per heavy atom. The number of alkyl halides is 3. The Labute approximate surface area is 136 Å². The number of carbonyl (C=O) groups excluding carboxylic acids is 1. The Morgan fingerprint density at radius 1 is 1.04 bits per heavy atom. The van der Waals surface area contributed by atoms with Crippen LogP contribution in [0, 0.1) is 5.82 Å². The minimum Gasteiger partial charge on any atom is -0.322 e. The molecular weight excluding hydrogens is 322 g/mol. The molecule has 1 aliphatic carbocycles. The van der Waals surface area contributed by atoms with Crippen molar-refractivity contribution in [3.8, 4) is 0 Å². The van der Waals surface area contributed by atoms with Crippen LogP contribution in [0.3, 0.4) is 0 Å². The molecule has 0 saturated heterocycles. The third kappa shape index (κ3) is 3.27. The zero-order valence-electron chi connectivity index (χ0n) is 12.7. The van der Waals surface area contributed by atoms with Gasteiger partial charge >= 0.3 is 6.18 Å². The summed E-state index contributed by atoms with van der Waals surface area (Å²) < 4.78 is 52.1. The minimum absolute atomic E-state index is 0.536. The second-order valence-electron chi connectivity index (χ2n) is 5.80. The number of nitrogens with one attached hydrogen (secondary N) is 1. The second kappa shape index (κ2) is 6.26. The third-order valence-electron chi connectivity index (χ3n) is 4.18. The van der Waals surface area contributed by atoms with Crippen molar-refractivity contribution in [1.82, 2.24) is 0 Å². The van der Waals surface area contributed by atoms with E-state index < -0.39 is 29.0 Å². The van der Waals surface area contributed by atoms with Gasteiger partial charge in [0.15, 0.2) is 0 Å². The molecule has 2 aromatic carbocycles. The second-order valence-corrected chi connectivity index (χ2v) is 5.80. The lowest BCUT2D eigenvalue weighted by atomic mass is 9.90. The van der Waals surface area contributed by atoms with Gasteiger partial charge in [0.05, 0.1) is 11.1 Å². The fourth-order valence-electron chi connectivity index (χ4n) is 2.96. The van der Waals surface area contributed by atoms with Gasteiger partial charge in [-0.2, -0.15) is 13.2 Å². The highest BCUT2D eigenvalue weighted by atomic mass is 19.4. The van der Waals surface area contributed by atoms with Crippen LogP contribution < -0.4 is 5.32 Å². The maximum absolute atomic E-state index is 13.8. The zero-order chi connectivity index (χ0) is 17.3. The van der Waals surface area contributed by atoms with E-state index in [2.05, 4.69) is 5.32 Å². The van der Waals surface area contributed by atoms with Gasteiger partial charge in [0, 0.05) is 5.69 Å². The van der Waals surface area contributed by atoms with Gasteiger partial charge < -0.3 is 5.32 Å². The first-order valence-corrected chi connectivity index (χ1v) is 7.65. The molecule has 3 rings (SSSR count). The fraction of sp³-hybridized carbons (Fsp3) is 0.278. The molecule has 0 aliphatic heterocycles. The van der Waals surface area contributed by atoms with E-state index in [-0.39, 0.29) is 0 Å². The third-order valence-corrected chi connectivity index (χ3v) is 4.18. The molecular formula is C18H15F4NO. The molecule has 1 aliphatic rings. The Bertz CT molecular complexity index is 783. The molecule has 126 valence electrons. The fourth-order valence-corrected chi connectivity index (χ4v) is 2.96. The highest BCUT2D eigenvalue weighted by Gasteiger charge is 2.32. The lowest BCUT2D eigenvalue weighted by Gasteiger charge is -2.19. The van der Waals surface area contributed by atoms with Crippen LogP contribution in [0.25, 0.3) is 0 Å². The number of aryl methyl sites for hydroxylation is 1. The average molecular weight is 337 g/mol. The summed E-state index contributed by atoms with van der Waals surface area (Å²) in [6, 6.07) is 7.26. The topological polar surface area (TPSA) is 29.1 Å². The number of anilines is 1. The summed E-state index contributed by atoms with van der Waals surface area (Å²) in [5.74, 6) is -1.86. The molecule has 1 N–H and O–H groups in total. The summed E-state index contributed by atoms with van der Waals surface area (Å²) in [5, 5.41) is 2.56. The Kier molecular flexibility index (Phi) is 4.30. The van der Waals surface area contributed by atoms with Crippen LogP contribution in [0.4, 0.5) is 23.2 Å². The molecule has 0 spiro atoms. The average Bonchev–Trinajstić information content (AvgIpc) is 2.54. The molecule has 0 aromatic heterocycles. The van der Waals surface area contributed by atoms with E-state index in [1.807, 2.05) is 6.07 Å². The number of amides is 1. The normalized spacial score (nSPS) is 14.2. The number of rotatable bonds is 2. The van der Waals surface area contributed by atoms with E-state index in [9.17, 15) is 22.4 Å². The predicted molar refractivity (Wildman–Crippen MR) is 82.4 cm³/mol. The van der Waals surface area contributed by atoms with Crippen LogP contribution in [-0.4, -0.2) is 5.91 Å². The summed E-state index contributed by atoms with van der Waals surface area (Å²) in [5.41, 5.74) is 0.962. The quantitative estimate of drug-likeness (QED) is 0.770. The molecule has 0 heterocycles. The molecule has 1 amide bonds. The van der Waals surface area contributed by atoms with Gasteiger partial charge in [-0.3, -0.25) is 4.79 Å². The first-order chi connectivity index (χ1) is 11.4. The van der Waals surface area contributed by atoms with E-state index in [4.69, 9.17) is 0 Å². The van der Waals surface area contributed by atoms with Crippen LogP contribution in [0.1, 0.15) is 39.9 Å². The Balaban J connectivity index is 1.91. The number of hydrogen-bond donors (Lipinski definition) is 1. The molecule has 6 heteroatoms. The lowest BCUT2D eigenvalue weighted by molar-refractivity contribution is -0.137. The largest absolute Gasteiger partial charge is 0.416 e.